The molecule has 0 bridgehead atoms. The van der Waals surface area contributed by atoms with Gasteiger partial charge in [-0.25, -0.2) is 19.8 Å². The smallest absolute Gasteiger partial charge is 0.192 e. The molecule has 28 heavy (non-hydrogen) atoms. The Bertz CT molecular complexity index is 1080. The number of nitrogens with two attached hydrogens (primary N) is 1. The van der Waals surface area contributed by atoms with Gasteiger partial charge in [0.15, 0.2) is 22.9 Å². The maximum atomic E-state index is 6.37. The first kappa shape index (κ1) is 18.1. The van der Waals surface area contributed by atoms with Gasteiger partial charge in [-0.2, -0.15) is 10.5 Å². The Balaban J connectivity index is 1.75. The molecular formula is C20H23N6O2+. The summed E-state index contributed by atoms with van der Waals surface area (Å²) >= 11 is 0. The van der Waals surface area contributed by atoms with Gasteiger partial charge in [0.1, 0.15) is 11.8 Å². The number of nitrogens with zero attached hydrogens (tertiary/aromatic N) is 4. The number of quaternary nitrogens is 1. The maximum absolute atomic E-state index is 6.37. The molecule has 0 saturated carbocycles. The summed E-state index contributed by atoms with van der Waals surface area (Å²) < 4.78 is 0. The second-order valence-corrected chi connectivity index (χ2v) is 6.44. The van der Waals surface area contributed by atoms with Gasteiger partial charge < -0.3 is 9.82 Å². The van der Waals surface area contributed by atoms with E-state index >= 15 is 0 Å². The fourth-order valence-electron chi connectivity index (χ4n) is 3.11. The van der Waals surface area contributed by atoms with Crippen molar-refractivity contribution in [3.8, 4) is 5.75 Å². The number of aromatic amines is 1. The predicted molar refractivity (Wildman–Crippen MR) is 107 cm³/mol. The van der Waals surface area contributed by atoms with E-state index in [1.165, 1.54) is 6.33 Å². The van der Waals surface area contributed by atoms with E-state index in [1.54, 1.807) is 18.9 Å². The molecule has 2 aromatic heterocycles. The second-order valence-electron chi connectivity index (χ2n) is 6.44. The number of hydroxylamine groups is 1. The zero-order valence-corrected chi connectivity index (χ0v) is 15.9. The lowest BCUT2D eigenvalue weighted by Crippen LogP contribution is -2.75. The topological polar surface area (TPSA) is 92.8 Å². The van der Waals surface area contributed by atoms with Crippen molar-refractivity contribution in [2.75, 3.05) is 18.7 Å². The van der Waals surface area contributed by atoms with Gasteiger partial charge in [0, 0.05) is 17.5 Å². The number of anilines is 1. The molecule has 0 aliphatic carbocycles. The maximum Gasteiger partial charge on any atom is 0.192 e. The summed E-state index contributed by atoms with van der Waals surface area (Å²) in [6.07, 6.45) is 5.13. The third kappa shape index (κ3) is 3.60. The van der Waals surface area contributed by atoms with Crippen LogP contribution < -0.4 is 15.4 Å². The van der Waals surface area contributed by atoms with Crippen LogP contribution in [0.4, 0.5) is 11.5 Å². The number of nitrogens with one attached hydrogen (secondary N) is 1. The van der Waals surface area contributed by atoms with E-state index in [1.807, 2.05) is 23.3 Å². The van der Waals surface area contributed by atoms with Gasteiger partial charge in [-0.1, -0.05) is 25.5 Å². The Morgan fingerprint density at radius 3 is 2.93 bits per heavy atom. The molecule has 0 radical (unpaired) electrons. The summed E-state index contributed by atoms with van der Waals surface area (Å²) in [5.74, 6) is 1.43. The van der Waals surface area contributed by atoms with Crippen molar-refractivity contribution in [3.05, 3.63) is 49.1 Å². The molecule has 2 heterocycles. The average molecular weight is 379 g/mol. The Hall–Kier alpha value is -3.23. The fourth-order valence-corrected chi connectivity index (χ4v) is 3.11. The van der Waals surface area contributed by atoms with E-state index in [9.17, 15) is 0 Å². The van der Waals surface area contributed by atoms with Crippen LogP contribution in [0.5, 0.6) is 5.75 Å². The number of fused-ring (bicyclic) bond motifs is 2. The minimum atomic E-state index is 0.616. The van der Waals surface area contributed by atoms with Crippen LogP contribution in [-0.4, -0.2) is 33.6 Å². The van der Waals surface area contributed by atoms with Gasteiger partial charge in [-0.3, -0.25) is 0 Å². The van der Waals surface area contributed by atoms with Gasteiger partial charge >= 0.3 is 0 Å². The van der Waals surface area contributed by atoms with Crippen LogP contribution in [-0.2, 0) is 4.84 Å². The molecule has 8 heteroatoms. The summed E-state index contributed by atoms with van der Waals surface area (Å²) in [4.78, 5) is 27.5. The first-order chi connectivity index (χ1) is 13.8. The third-order valence-corrected chi connectivity index (χ3v) is 4.48. The van der Waals surface area contributed by atoms with Crippen molar-refractivity contribution in [2.24, 2.45) is 0 Å². The summed E-state index contributed by atoms with van der Waals surface area (Å²) in [7, 11) is 1.64. The van der Waals surface area contributed by atoms with E-state index < -0.39 is 0 Å². The van der Waals surface area contributed by atoms with Crippen LogP contribution in [0.15, 0.2) is 49.1 Å². The predicted octanol–water partition coefficient (Wildman–Crippen LogP) is 2.86. The fraction of sp³-hybridized carbons (Fsp3) is 0.250. The Morgan fingerprint density at radius 1 is 1.14 bits per heavy atom. The summed E-state index contributed by atoms with van der Waals surface area (Å²) in [6.45, 7) is 2.84. The minimum Gasteiger partial charge on any atom is -0.377 e. The molecule has 0 saturated heterocycles. The summed E-state index contributed by atoms with van der Waals surface area (Å²) in [6, 6.07) is 12.1. The van der Waals surface area contributed by atoms with E-state index in [-0.39, 0.29) is 0 Å². The first-order valence-electron chi connectivity index (χ1n) is 9.28. The van der Waals surface area contributed by atoms with Crippen molar-refractivity contribution in [1.82, 2.24) is 19.9 Å². The van der Waals surface area contributed by atoms with Gasteiger partial charge in [0.25, 0.3) is 0 Å². The number of hydrogen-bond donors (Lipinski definition) is 2. The normalized spacial score (nSPS) is 11.2. The molecule has 0 aliphatic rings. The molecule has 0 fully saturated rings. The standard InChI is InChI=1S/C20H22N6O2/c1-3-4-10-26(20-18-19(22-12-21-18)23-13-24-20)28-17-7-5-6-14-8-9-15(25-27-2)11-16(14)17/h5-9,11-13,25H,3-4,10H2,1-2H3,(H,21,22,23,24)/p+1. The van der Waals surface area contributed by atoms with Crippen LogP contribution in [0.3, 0.4) is 0 Å². The van der Waals surface area contributed by atoms with Crippen molar-refractivity contribution >= 4 is 33.4 Å². The van der Waals surface area contributed by atoms with Gasteiger partial charge in [-0.05, 0) is 23.9 Å². The number of hydrogen-bond acceptors (Lipinski definition) is 6. The molecule has 144 valence electrons. The molecule has 0 aliphatic heterocycles. The molecule has 0 unspecified atom stereocenters. The number of aromatic nitrogens is 4. The molecular weight excluding hydrogens is 356 g/mol. The average Bonchev–Trinajstić information content (AvgIpc) is 3.20. The quantitative estimate of drug-likeness (QED) is 0.361. The van der Waals surface area contributed by atoms with E-state index in [4.69, 9.17) is 9.68 Å². The Labute approximate surface area is 162 Å². The van der Waals surface area contributed by atoms with Crippen LogP contribution in [0.1, 0.15) is 19.8 Å². The molecule has 0 atom stereocenters. The molecule has 0 amide bonds. The van der Waals surface area contributed by atoms with Crippen LogP contribution in [0, 0.1) is 0 Å². The van der Waals surface area contributed by atoms with Crippen molar-refractivity contribution in [2.45, 2.75) is 19.8 Å². The molecule has 3 N–H and O–H groups in total. The second kappa shape index (κ2) is 8.20. The Kier molecular flexibility index (Phi) is 5.31. The van der Waals surface area contributed by atoms with Crippen LogP contribution in [0.2, 0.25) is 0 Å². The summed E-state index contributed by atoms with van der Waals surface area (Å²) in [5, 5.41) is 3.91. The SMILES string of the molecule is CCCCN(Oc1cccc2ccc([NH2+]OC)cc12)c1ncnc2nc[nH]c12. The highest BCUT2D eigenvalue weighted by Gasteiger charge is 2.17. The van der Waals surface area contributed by atoms with Gasteiger partial charge in [0.2, 0.25) is 0 Å². The highest BCUT2D eigenvalue weighted by atomic mass is 16.7. The van der Waals surface area contributed by atoms with Gasteiger partial charge in [0.05, 0.1) is 20.0 Å². The molecule has 0 spiro atoms. The van der Waals surface area contributed by atoms with E-state index in [0.29, 0.717) is 18.0 Å². The van der Waals surface area contributed by atoms with E-state index in [0.717, 1.165) is 40.6 Å². The molecule has 4 rings (SSSR count). The lowest BCUT2D eigenvalue weighted by Gasteiger charge is -2.24. The van der Waals surface area contributed by atoms with E-state index in [2.05, 4.69) is 45.1 Å². The first-order valence-corrected chi connectivity index (χ1v) is 9.28. The van der Waals surface area contributed by atoms with Crippen LogP contribution in [0.25, 0.3) is 21.9 Å². The third-order valence-electron chi connectivity index (χ3n) is 4.48. The molecule has 8 nitrogen and oxygen atoms in total. The lowest BCUT2D eigenvalue weighted by atomic mass is 10.1. The number of imidazole rings is 1. The number of benzene rings is 2. The van der Waals surface area contributed by atoms with Crippen molar-refractivity contribution in [1.29, 1.82) is 0 Å². The molecule has 4 aromatic rings. The largest absolute Gasteiger partial charge is 0.377 e. The van der Waals surface area contributed by atoms with Crippen molar-refractivity contribution < 1.29 is 15.2 Å². The van der Waals surface area contributed by atoms with Crippen LogP contribution >= 0.6 is 0 Å². The minimum absolute atomic E-state index is 0.616. The number of unbranched alkanes of at least 4 members (excludes halogenated alkanes) is 1. The number of rotatable bonds is 8. The monoisotopic (exact) mass is 379 g/mol. The summed E-state index contributed by atoms with van der Waals surface area (Å²) in [5.41, 5.74) is 4.06. The highest BCUT2D eigenvalue weighted by Crippen LogP contribution is 2.30. The zero-order valence-electron chi connectivity index (χ0n) is 15.9. The zero-order chi connectivity index (χ0) is 19.3. The Morgan fingerprint density at radius 2 is 2.07 bits per heavy atom. The molecule has 2 aromatic carbocycles. The number of H-pyrrole nitrogens is 1. The van der Waals surface area contributed by atoms with Crippen molar-refractivity contribution in [3.63, 3.8) is 0 Å². The highest BCUT2D eigenvalue weighted by molar-refractivity contribution is 5.90. The lowest BCUT2D eigenvalue weighted by molar-refractivity contribution is -0.830. The van der Waals surface area contributed by atoms with Gasteiger partial charge in [-0.15, -0.1) is 0 Å².